The molecule has 2 rings (SSSR count). The minimum Gasteiger partial charge on any atom is -0.478 e. The number of ether oxygens (including phenoxy) is 1. The second-order valence-corrected chi connectivity index (χ2v) is 7.06. The number of carbonyl (C=O) groups is 3. The smallest absolute Gasteiger partial charge is 0.412 e. The summed E-state index contributed by atoms with van der Waals surface area (Å²) in [5.74, 6) is -1.82. The van der Waals surface area contributed by atoms with Crippen molar-refractivity contribution < 1.29 is 24.2 Å². The van der Waals surface area contributed by atoms with Gasteiger partial charge in [-0.05, 0) is 51.1 Å². The molecule has 0 aliphatic carbocycles. The number of carboxylic acids is 1. The van der Waals surface area contributed by atoms with E-state index >= 15 is 0 Å². The Morgan fingerprint density at radius 1 is 0.963 bits per heavy atom. The van der Waals surface area contributed by atoms with E-state index < -0.39 is 23.6 Å². The Morgan fingerprint density at radius 2 is 1.59 bits per heavy atom. The van der Waals surface area contributed by atoms with Crippen molar-refractivity contribution >= 4 is 40.9 Å². The molecule has 0 heterocycles. The lowest BCUT2D eigenvalue weighted by Gasteiger charge is -2.20. The highest BCUT2D eigenvalue weighted by molar-refractivity contribution is 6.31. The van der Waals surface area contributed by atoms with Crippen LogP contribution in [0.1, 0.15) is 41.5 Å². The molecule has 0 saturated carbocycles. The Hall–Kier alpha value is -3.06. The first kappa shape index (κ1) is 20.3. The monoisotopic (exact) mass is 390 g/mol. The Bertz CT molecular complexity index is 890. The molecule has 0 aromatic heterocycles. The second-order valence-electron chi connectivity index (χ2n) is 6.62. The van der Waals surface area contributed by atoms with E-state index in [1.165, 1.54) is 24.3 Å². The fourth-order valence-corrected chi connectivity index (χ4v) is 2.37. The average Bonchev–Trinajstić information content (AvgIpc) is 2.54. The first-order valence-electron chi connectivity index (χ1n) is 8.00. The van der Waals surface area contributed by atoms with Crippen molar-refractivity contribution in [2.24, 2.45) is 0 Å². The minimum absolute atomic E-state index is 0.0870. The van der Waals surface area contributed by atoms with Crippen LogP contribution in [0.4, 0.5) is 16.2 Å². The molecule has 0 atom stereocenters. The van der Waals surface area contributed by atoms with Gasteiger partial charge in [-0.2, -0.15) is 0 Å². The lowest BCUT2D eigenvalue weighted by molar-refractivity contribution is 0.0634. The van der Waals surface area contributed by atoms with E-state index in [1.54, 1.807) is 39.0 Å². The van der Waals surface area contributed by atoms with Crippen molar-refractivity contribution in [1.29, 1.82) is 0 Å². The van der Waals surface area contributed by atoms with E-state index in [0.29, 0.717) is 0 Å². The van der Waals surface area contributed by atoms with Gasteiger partial charge in [-0.1, -0.05) is 23.7 Å². The molecule has 0 aliphatic heterocycles. The number of hydrogen-bond acceptors (Lipinski definition) is 4. The molecule has 0 saturated heterocycles. The SMILES string of the molecule is CC(C)(C)OC(=O)Nc1ccccc1C(=O)Nc1ccc(Cl)cc1C(=O)O. The molecule has 8 heteroatoms. The van der Waals surface area contributed by atoms with Crippen LogP contribution in [0.2, 0.25) is 5.02 Å². The maximum absolute atomic E-state index is 12.6. The Labute approximate surface area is 161 Å². The summed E-state index contributed by atoms with van der Waals surface area (Å²) in [6.45, 7) is 5.16. The Morgan fingerprint density at radius 3 is 2.22 bits per heavy atom. The number of anilines is 2. The van der Waals surface area contributed by atoms with Crippen LogP contribution in [0.15, 0.2) is 42.5 Å². The van der Waals surface area contributed by atoms with Gasteiger partial charge in [0.05, 0.1) is 22.5 Å². The van der Waals surface area contributed by atoms with E-state index in [0.717, 1.165) is 0 Å². The summed E-state index contributed by atoms with van der Waals surface area (Å²) in [6, 6.07) is 10.4. The zero-order valence-corrected chi connectivity index (χ0v) is 15.8. The van der Waals surface area contributed by atoms with Gasteiger partial charge in [0.15, 0.2) is 0 Å². The predicted molar refractivity (Wildman–Crippen MR) is 103 cm³/mol. The van der Waals surface area contributed by atoms with Crippen LogP contribution in [0.5, 0.6) is 0 Å². The van der Waals surface area contributed by atoms with Crippen molar-refractivity contribution in [3.8, 4) is 0 Å². The van der Waals surface area contributed by atoms with Crippen LogP contribution in [0, 0.1) is 0 Å². The van der Waals surface area contributed by atoms with Gasteiger partial charge in [0.2, 0.25) is 0 Å². The third-order valence-electron chi connectivity index (χ3n) is 3.27. The number of amides is 2. The van der Waals surface area contributed by atoms with Crippen LogP contribution in [0.25, 0.3) is 0 Å². The van der Waals surface area contributed by atoms with E-state index in [9.17, 15) is 19.5 Å². The van der Waals surface area contributed by atoms with E-state index in [1.807, 2.05) is 0 Å². The summed E-state index contributed by atoms with van der Waals surface area (Å²) in [7, 11) is 0. The number of carbonyl (C=O) groups excluding carboxylic acids is 2. The van der Waals surface area contributed by atoms with Gasteiger partial charge in [-0.15, -0.1) is 0 Å². The van der Waals surface area contributed by atoms with Crippen molar-refractivity contribution in [3.63, 3.8) is 0 Å². The number of nitrogens with one attached hydrogen (secondary N) is 2. The molecule has 2 aromatic rings. The van der Waals surface area contributed by atoms with Crippen LogP contribution in [-0.4, -0.2) is 28.7 Å². The highest BCUT2D eigenvalue weighted by atomic mass is 35.5. The molecule has 0 aliphatic rings. The fourth-order valence-electron chi connectivity index (χ4n) is 2.20. The minimum atomic E-state index is -1.23. The van der Waals surface area contributed by atoms with Crippen molar-refractivity contribution in [2.75, 3.05) is 10.6 Å². The number of para-hydroxylation sites is 1. The quantitative estimate of drug-likeness (QED) is 0.705. The zero-order chi connectivity index (χ0) is 20.2. The third-order valence-corrected chi connectivity index (χ3v) is 3.50. The standard InChI is InChI=1S/C19H19ClN2O5/c1-19(2,3)27-18(26)22-14-7-5-4-6-12(14)16(23)21-15-9-8-11(20)10-13(15)17(24)25/h4-10H,1-3H3,(H,21,23)(H,22,26)(H,24,25). The van der Waals surface area contributed by atoms with Crippen molar-refractivity contribution in [1.82, 2.24) is 0 Å². The third kappa shape index (κ3) is 5.72. The number of halogens is 1. The van der Waals surface area contributed by atoms with Gasteiger partial charge in [0.25, 0.3) is 5.91 Å². The average molecular weight is 391 g/mol. The summed E-state index contributed by atoms with van der Waals surface area (Å²) in [6.07, 6.45) is -0.708. The Kier molecular flexibility index (Phi) is 6.07. The molecule has 0 radical (unpaired) electrons. The zero-order valence-electron chi connectivity index (χ0n) is 15.0. The van der Waals surface area contributed by atoms with E-state index in [4.69, 9.17) is 16.3 Å². The molecular weight excluding hydrogens is 372 g/mol. The van der Waals surface area contributed by atoms with Gasteiger partial charge in [-0.25, -0.2) is 9.59 Å². The number of rotatable bonds is 4. The largest absolute Gasteiger partial charge is 0.478 e. The van der Waals surface area contributed by atoms with Gasteiger partial charge < -0.3 is 15.2 Å². The Balaban J connectivity index is 2.26. The molecule has 27 heavy (non-hydrogen) atoms. The highest BCUT2D eigenvalue weighted by Gasteiger charge is 2.20. The van der Waals surface area contributed by atoms with Crippen molar-refractivity contribution in [3.05, 3.63) is 58.6 Å². The molecule has 0 fully saturated rings. The summed E-state index contributed by atoms with van der Waals surface area (Å²) in [5, 5.41) is 14.6. The molecule has 142 valence electrons. The predicted octanol–water partition coefficient (Wildman–Crippen LogP) is 4.64. The van der Waals surface area contributed by atoms with Gasteiger partial charge >= 0.3 is 12.1 Å². The topological polar surface area (TPSA) is 105 Å². The van der Waals surface area contributed by atoms with Gasteiger partial charge in [-0.3, -0.25) is 10.1 Å². The maximum atomic E-state index is 12.6. The van der Waals surface area contributed by atoms with E-state index in [-0.39, 0.29) is 27.5 Å². The number of benzene rings is 2. The number of carboxylic acid groups (broad SMARTS) is 1. The number of aromatic carboxylic acids is 1. The molecule has 2 amide bonds. The summed E-state index contributed by atoms with van der Waals surface area (Å²) >= 11 is 5.81. The lowest BCUT2D eigenvalue weighted by Crippen LogP contribution is -2.28. The van der Waals surface area contributed by atoms with Gasteiger partial charge in [0, 0.05) is 5.02 Å². The normalized spacial score (nSPS) is 10.8. The molecule has 0 spiro atoms. The summed E-state index contributed by atoms with van der Waals surface area (Å²) in [5.41, 5.74) is -0.372. The molecule has 0 unspecified atom stereocenters. The molecule has 0 bridgehead atoms. The fraction of sp³-hybridized carbons (Fsp3) is 0.211. The van der Waals surface area contributed by atoms with E-state index in [2.05, 4.69) is 10.6 Å². The van der Waals surface area contributed by atoms with Crippen LogP contribution in [0.3, 0.4) is 0 Å². The van der Waals surface area contributed by atoms with Crippen molar-refractivity contribution in [2.45, 2.75) is 26.4 Å². The first-order chi connectivity index (χ1) is 12.6. The maximum Gasteiger partial charge on any atom is 0.412 e. The van der Waals surface area contributed by atoms with Crippen LogP contribution < -0.4 is 10.6 Å². The highest BCUT2D eigenvalue weighted by Crippen LogP contribution is 2.23. The number of hydrogen-bond donors (Lipinski definition) is 3. The van der Waals surface area contributed by atoms with Crippen LogP contribution >= 0.6 is 11.6 Å². The summed E-state index contributed by atoms with van der Waals surface area (Å²) in [4.78, 5) is 36.0. The molecule has 2 aromatic carbocycles. The second kappa shape index (κ2) is 8.09. The lowest BCUT2D eigenvalue weighted by atomic mass is 10.1. The molecule has 7 nitrogen and oxygen atoms in total. The molecular formula is C19H19ClN2O5. The molecule has 3 N–H and O–H groups in total. The van der Waals surface area contributed by atoms with Crippen LogP contribution in [-0.2, 0) is 4.74 Å². The van der Waals surface area contributed by atoms with Gasteiger partial charge in [0.1, 0.15) is 5.60 Å². The first-order valence-corrected chi connectivity index (χ1v) is 8.38. The summed E-state index contributed by atoms with van der Waals surface area (Å²) < 4.78 is 5.18.